The van der Waals surface area contributed by atoms with Gasteiger partial charge >= 0.3 is 0 Å². The number of nitrogens with one attached hydrogen (secondary N) is 3. The highest BCUT2D eigenvalue weighted by Gasteiger charge is 2.12. The molecule has 0 saturated heterocycles. The summed E-state index contributed by atoms with van der Waals surface area (Å²) >= 11 is 9.47. The zero-order chi connectivity index (χ0) is 20.1. The summed E-state index contributed by atoms with van der Waals surface area (Å²) < 4.78 is 0.786. The van der Waals surface area contributed by atoms with E-state index in [-0.39, 0.29) is 12.1 Å². The van der Waals surface area contributed by atoms with Crippen LogP contribution >= 0.6 is 27.5 Å². The monoisotopic (exact) mass is 462 g/mol. The Labute approximate surface area is 176 Å². The van der Waals surface area contributed by atoms with E-state index in [9.17, 15) is 4.79 Å². The van der Waals surface area contributed by atoms with E-state index in [2.05, 4.69) is 41.8 Å². The molecule has 146 valence electrons. The van der Waals surface area contributed by atoms with Crippen LogP contribution in [0.1, 0.15) is 0 Å². The SMILES string of the molecule is CN(C)C/C=C/C(=O)NC1C=c2c(Nc3ccc(Cl)c(Br)c3)ncnc2=CN1. The van der Waals surface area contributed by atoms with Crippen molar-refractivity contribution in [3.05, 3.63) is 56.7 Å². The average molecular weight is 464 g/mol. The molecule has 9 heteroatoms. The molecule has 2 heterocycles. The number of rotatable bonds is 6. The molecule has 0 aliphatic carbocycles. The van der Waals surface area contributed by atoms with Crippen LogP contribution in [-0.2, 0) is 4.79 Å². The van der Waals surface area contributed by atoms with Gasteiger partial charge in [-0.15, -0.1) is 0 Å². The van der Waals surface area contributed by atoms with Gasteiger partial charge < -0.3 is 20.9 Å². The van der Waals surface area contributed by atoms with E-state index >= 15 is 0 Å². The second-order valence-corrected chi connectivity index (χ2v) is 7.67. The normalized spacial score (nSPS) is 15.4. The van der Waals surface area contributed by atoms with Gasteiger partial charge in [-0.05, 0) is 54.3 Å². The molecule has 0 spiro atoms. The van der Waals surface area contributed by atoms with Crippen molar-refractivity contribution >= 4 is 57.2 Å². The highest BCUT2D eigenvalue weighted by molar-refractivity contribution is 9.10. The molecule has 1 aromatic carbocycles. The average Bonchev–Trinajstić information content (AvgIpc) is 2.65. The summed E-state index contributed by atoms with van der Waals surface area (Å²) in [5.74, 6) is 0.458. The summed E-state index contributed by atoms with van der Waals surface area (Å²) in [7, 11) is 3.89. The summed E-state index contributed by atoms with van der Waals surface area (Å²) in [4.78, 5) is 22.7. The van der Waals surface area contributed by atoms with Crippen LogP contribution in [0.3, 0.4) is 0 Å². The van der Waals surface area contributed by atoms with Crippen LogP contribution in [0, 0.1) is 0 Å². The zero-order valence-corrected chi connectivity index (χ0v) is 17.8. The zero-order valence-electron chi connectivity index (χ0n) is 15.4. The molecule has 1 amide bonds. The number of benzene rings is 1. The molecule has 3 N–H and O–H groups in total. The van der Waals surface area contributed by atoms with Crippen LogP contribution in [0.4, 0.5) is 11.5 Å². The second-order valence-electron chi connectivity index (χ2n) is 6.40. The van der Waals surface area contributed by atoms with Crippen molar-refractivity contribution in [2.45, 2.75) is 6.17 Å². The maximum atomic E-state index is 12.1. The van der Waals surface area contributed by atoms with Gasteiger partial charge in [0, 0.05) is 34.2 Å². The minimum absolute atomic E-state index is 0.180. The Morgan fingerprint density at radius 1 is 1.39 bits per heavy atom. The lowest BCUT2D eigenvalue weighted by Crippen LogP contribution is -2.49. The molecule has 7 nitrogen and oxygen atoms in total. The van der Waals surface area contributed by atoms with E-state index < -0.39 is 0 Å². The number of amides is 1. The molecule has 0 saturated carbocycles. The topological polar surface area (TPSA) is 82.2 Å². The van der Waals surface area contributed by atoms with Gasteiger partial charge in [-0.1, -0.05) is 17.7 Å². The largest absolute Gasteiger partial charge is 0.366 e. The summed E-state index contributed by atoms with van der Waals surface area (Å²) in [5, 5.41) is 11.4. The number of nitrogens with zero attached hydrogens (tertiary/aromatic N) is 3. The first-order valence-corrected chi connectivity index (χ1v) is 9.72. The van der Waals surface area contributed by atoms with Crippen molar-refractivity contribution in [1.82, 2.24) is 25.5 Å². The minimum Gasteiger partial charge on any atom is -0.366 e. The van der Waals surface area contributed by atoms with Gasteiger partial charge in [0.25, 0.3) is 0 Å². The summed E-state index contributed by atoms with van der Waals surface area (Å²) in [6.45, 7) is 0.697. The molecule has 0 fully saturated rings. The van der Waals surface area contributed by atoms with Gasteiger partial charge in [0.05, 0.1) is 10.4 Å². The first-order valence-electron chi connectivity index (χ1n) is 8.55. The van der Waals surface area contributed by atoms with Crippen molar-refractivity contribution in [3.8, 4) is 0 Å². The van der Waals surface area contributed by atoms with Gasteiger partial charge in [0.15, 0.2) is 0 Å². The van der Waals surface area contributed by atoms with Crippen molar-refractivity contribution in [3.63, 3.8) is 0 Å². The molecule has 1 unspecified atom stereocenters. The lowest BCUT2D eigenvalue weighted by atomic mass is 10.2. The lowest BCUT2D eigenvalue weighted by molar-refractivity contribution is -0.116. The van der Waals surface area contributed by atoms with Crippen LogP contribution in [0.15, 0.2) is 41.2 Å². The van der Waals surface area contributed by atoms with Crippen LogP contribution in [-0.4, -0.2) is 47.6 Å². The fourth-order valence-corrected chi connectivity index (χ4v) is 3.03. The maximum Gasteiger partial charge on any atom is 0.245 e. The van der Waals surface area contributed by atoms with Crippen LogP contribution in [0.5, 0.6) is 0 Å². The molecule has 0 radical (unpaired) electrons. The highest BCUT2D eigenvalue weighted by atomic mass is 79.9. The molecular formula is C19H20BrClN6O. The number of aromatic nitrogens is 2. The first-order chi connectivity index (χ1) is 13.4. The van der Waals surface area contributed by atoms with E-state index in [1.807, 2.05) is 43.3 Å². The lowest BCUT2D eigenvalue weighted by Gasteiger charge is -2.18. The Hall–Kier alpha value is -2.42. The smallest absolute Gasteiger partial charge is 0.245 e. The molecule has 1 aromatic heterocycles. The molecule has 0 bridgehead atoms. The Balaban J connectivity index is 1.80. The predicted molar refractivity (Wildman–Crippen MR) is 115 cm³/mol. The summed E-state index contributed by atoms with van der Waals surface area (Å²) in [6, 6.07) is 5.53. The Morgan fingerprint density at radius 2 is 2.21 bits per heavy atom. The van der Waals surface area contributed by atoms with E-state index in [4.69, 9.17) is 11.6 Å². The number of fused-ring (bicyclic) bond motifs is 1. The third-order valence-corrected chi connectivity index (χ3v) is 5.08. The Bertz CT molecular complexity index is 1020. The molecule has 1 aliphatic rings. The van der Waals surface area contributed by atoms with Gasteiger partial charge in [-0.25, -0.2) is 9.97 Å². The molecule has 1 aliphatic heterocycles. The highest BCUT2D eigenvalue weighted by Crippen LogP contribution is 2.26. The van der Waals surface area contributed by atoms with E-state index in [1.54, 1.807) is 12.3 Å². The quantitative estimate of drug-likeness (QED) is 0.561. The molecule has 1 atom stereocenters. The number of carbonyl (C=O) groups excluding carboxylic acids is 1. The number of carbonyl (C=O) groups is 1. The number of anilines is 2. The number of hydrogen-bond acceptors (Lipinski definition) is 6. The first kappa shape index (κ1) is 20.3. The Morgan fingerprint density at radius 3 is 2.96 bits per heavy atom. The molecular weight excluding hydrogens is 444 g/mol. The van der Waals surface area contributed by atoms with Crippen molar-refractivity contribution in [1.29, 1.82) is 0 Å². The van der Waals surface area contributed by atoms with Crippen molar-refractivity contribution in [2.24, 2.45) is 0 Å². The fraction of sp³-hybridized carbons (Fsp3) is 0.211. The van der Waals surface area contributed by atoms with Crippen molar-refractivity contribution in [2.75, 3.05) is 26.0 Å². The third kappa shape index (κ3) is 5.31. The number of likely N-dealkylation sites (N-methyl/N-ethyl adjacent to an activating group) is 1. The van der Waals surface area contributed by atoms with Crippen LogP contribution < -0.4 is 26.5 Å². The predicted octanol–water partition coefficient (Wildman–Crippen LogP) is 1.32. The third-order valence-electron chi connectivity index (χ3n) is 3.87. The van der Waals surface area contributed by atoms with E-state index in [1.165, 1.54) is 12.4 Å². The van der Waals surface area contributed by atoms with E-state index in [0.717, 1.165) is 20.7 Å². The van der Waals surface area contributed by atoms with Gasteiger partial charge in [0.2, 0.25) is 5.91 Å². The van der Waals surface area contributed by atoms with Crippen LogP contribution in [0.25, 0.3) is 12.3 Å². The standard InChI is InChI=1S/C19H20BrClN6O/c1-27(2)7-3-4-18(28)26-17-9-13-16(10-22-17)23-11-24-19(13)25-12-5-6-15(21)14(20)8-12/h3-6,8-11,17,22H,7H2,1-2H3,(H,26,28)(H,23,24,25)/b4-3+. The molecule has 2 aromatic rings. The van der Waals surface area contributed by atoms with Crippen molar-refractivity contribution < 1.29 is 4.79 Å². The van der Waals surface area contributed by atoms with Gasteiger partial charge in [-0.2, -0.15) is 0 Å². The number of hydrogen-bond donors (Lipinski definition) is 3. The van der Waals surface area contributed by atoms with Gasteiger partial charge in [0.1, 0.15) is 18.3 Å². The maximum absolute atomic E-state index is 12.1. The Kier molecular flexibility index (Phi) is 6.66. The van der Waals surface area contributed by atoms with Crippen LogP contribution in [0.2, 0.25) is 5.02 Å². The molecule has 28 heavy (non-hydrogen) atoms. The summed E-state index contributed by atoms with van der Waals surface area (Å²) in [6.07, 6.45) is 8.09. The fourth-order valence-electron chi connectivity index (χ4n) is 2.54. The number of halogens is 2. The van der Waals surface area contributed by atoms with Gasteiger partial charge in [-0.3, -0.25) is 4.79 Å². The van der Waals surface area contributed by atoms with E-state index in [0.29, 0.717) is 17.4 Å². The second kappa shape index (κ2) is 9.18. The minimum atomic E-state index is -0.368. The molecule has 3 rings (SSSR count). The summed E-state index contributed by atoms with van der Waals surface area (Å²) in [5.41, 5.74) is 0.830.